The van der Waals surface area contributed by atoms with Crippen molar-refractivity contribution >= 4 is 59.3 Å². The lowest BCUT2D eigenvalue weighted by Crippen LogP contribution is -2.16. The summed E-state index contributed by atoms with van der Waals surface area (Å²) < 4.78 is 66.1. The molecule has 4 aromatic rings. The fourth-order valence-electron chi connectivity index (χ4n) is 3.38. The maximum absolute atomic E-state index is 12.5. The summed E-state index contributed by atoms with van der Waals surface area (Å²) in [5.41, 5.74) is 2.24. The van der Waals surface area contributed by atoms with Crippen LogP contribution in [0.4, 0.5) is 24.3 Å². The number of hydrogen-bond donors (Lipinski definition) is 1. The second-order valence-electron chi connectivity index (χ2n) is 7.68. The van der Waals surface area contributed by atoms with Crippen LogP contribution in [0.25, 0.3) is 21.3 Å². The van der Waals surface area contributed by atoms with Crippen molar-refractivity contribution in [3.63, 3.8) is 0 Å². The van der Waals surface area contributed by atoms with Gasteiger partial charge in [0.05, 0.1) is 27.0 Å². The third kappa shape index (κ3) is 5.65. The van der Waals surface area contributed by atoms with Crippen LogP contribution in [0.3, 0.4) is 0 Å². The molecule has 0 aliphatic rings. The van der Waals surface area contributed by atoms with Crippen LogP contribution in [0.1, 0.15) is 23.2 Å². The standard InChI is InChI=1S/C21H19F3N4O4S2/c1-28-16-8-5-12(17(29)4-3-9-34(2,30)31)10-15(16)25-19(28)27-20-26-14-7-6-13(11-18(14)33-20)32-21(22,23)24/h5-8,10-11H,3-4,9H2,1-2H3,(H,25,26,27). The first-order valence-electron chi connectivity index (χ1n) is 9.99. The molecule has 0 aliphatic carbocycles. The number of Topliss-reactive ketones (excluding diaryl/α,β-unsaturated/α-hetero) is 1. The predicted molar refractivity (Wildman–Crippen MR) is 124 cm³/mol. The molecule has 0 amide bonds. The number of nitrogens with one attached hydrogen (secondary N) is 1. The number of aryl methyl sites for hydroxylation is 1. The summed E-state index contributed by atoms with van der Waals surface area (Å²) in [4.78, 5) is 21.3. The van der Waals surface area contributed by atoms with Gasteiger partial charge in [0.25, 0.3) is 0 Å². The largest absolute Gasteiger partial charge is 0.573 e. The number of fused-ring (bicyclic) bond motifs is 2. The number of carbonyl (C=O) groups excluding carboxylic acids is 1. The van der Waals surface area contributed by atoms with Gasteiger partial charge in [0.2, 0.25) is 5.95 Å². The SMILES string of the molecule is Cn1c(Nc2nc3ccc(OC(F)(F)F)cc3s2)nc2cc(C(=O)CCCS(C)(=O)=O)ccc21. The molecule has 180 valence electrons. The van der Waals surface area contributed by atoms with Crippen LogP contribution < -0.4 is 10.1 Å². The van der Waals surface area contributed by atoms with Crippen LogP contribution in [0.5, 0.6) is 5.75 Å². The van der Waals surface area contributed by atoms with Crippen LogP contribution >= 0.6 is 11.3 Å². The molecule has 34 heavy (non-hydrogen) atoms. The molecule has 4 rings (SSSR count). The van der Waals surface area contributed by atoms with E-state index in [1.807, 2.05) is 0 Å². The van der Waals surface area contributed by atoms with E-state index < -0.39 is 16.2 Å². The number of nitrogens with zero attached hydrogens (tertiary/aromatic N) is 3. The number of halogens is 3. The smallest absolute Gasteiger partial charge is 0.406 e. The van der Waals surface area contributed by atoms with Crippen molar-refractivity contribution in [3.8, 4) is 5.75 Å². The van der Waals surface area contributed by atoms with Crippen LogP contribution in [0.2, 0.25) is 0 Å². The Hall–Kier alpha value is -3.19. The van der Waals surface area contributed by atoms with E-state index >= 15 is 0 Å². The molecular formula is C21H19F3N4O4S2. The van der Waals surface area contributed by atoms with Gasteiger partial charge in [-0.2, -0.15) is 0 Å². The second-order valence-corrected chi connectivity index (χ2v) is 11.0. The van der Waals surface area contributed by atoms with Crippen LogP contribution in [-0.4, -0.2) is 47.1 Å². The van der Waals surface area contributed by atoms with E-state index in [4.69, 9.17) is 0 Å². The highest BCUT2D eigenvalue weighted by molar-refractivity contribution is 7.90. The van der Waals surface area contributed by atoms with Crippen LogP contribution in [0.15, 0.2) is 36.4 Å². The van der Waals surface area contributed by atoms with Gasteiger partial charge >= 0.3 is 6.36 Å². The fourth-order valence-corrected chi connectivity index (χ4v) is 4.93. The Morgan fingerprint density at radius 2 is 1.91 bits per heavy atom. The number of aromatic nitrogens is 3. The lowest BCUT2D eigenvalue weighted by atomic mass is 10.1. The lowest BCUT2D eigenvalue weighted by Gasteiger charge is -2.07. The monoisotopic (exact) mass is 512 g/mol. The number of imidazole rings is 1. The average Bonchev–Trinajstić information content (AvgIpc) is 3.25. The number of alkyl halides is 3. The molecule has 0 aliphatic heterocycles. The molecule has 2 aromatic carbocycles. The highest BCUT2D eigenvalue weighted by Gasteiger charge is 2.31. The number of sulfone groups is 1. The van der Waals surface area contributed by atoms with Gasteiger partial charge < -0.3 is 14.6 Å². The van der Waals surface area contributed by atoms with E-state index in [-0.39, 0.29) is 30.1 Å². The molecule has 8 nitrogen and oxygen atoms in total. The molecule has 13 heteroatoms. The van der Waals surface area contributed by atoms with Gasteiger partial charge in [-0.1, -0.05) is 11.3 Å². The molecule has 0 spiro atoms. The van der Waals surface area contributed by atoms with Gasteiger partial charge in [0.15, 0.2) is 10.9 Å². The Balaban J connectivity index is 1.53. The molecule has 0 atom stereocenters. The van der Waals surface area contributed by atoms with Crippen molar-refractivity contribution in [2.24, 2.45) is 7.05 Å². The van der Waals surface area contributed by atoms with Gasteiger partial charge in [-0.3, -0.25) is 4.79 Å². The number of thiazole rings is 1. The highest BCUT2D eigenvalue weighted by Crippen LogP contribution is 2.33. The summed E-state index contributed by atoms with van der Waals surface area (Å²) in [5, 5.41) is 3.49. The maximum Gasteiger partial charge on any atom is 0.573 e. The van der Waals surface area contributed by atoms with Crippen molar-refractivity contribution < 1.29 is 31.1 Å². The van der Waals surface area contributed by atoms with Gasteiger partial charge in [-0.15, -0.1) is 13.2 Å². The summed E-state index contributed by atoms with van der Waals surface area (Å²) in [6, 6.07) is 8.95. The van der Waals surface area contributed by atoms with Gasteiger partial charge in [0.1, 0.15) is 15.6 Å². The minimum absolute atomic E-state index is 0.0510. The van der Waals surface area contributed by atoms with E-state index in [1.54, 1.807) is 29.8 Å². The summed E-state index contributed by atoms with van der Waals surface area (Å²) in [7, 11) is -1.36. The summed E-state index contributed by atoms with van der Waals surface area (Å²) in [6.07, 6.45) is -3.28. The topological polar surface area (TPSA) is 103 Å². The third-order valence-electron chi connectivity index (χ3n) is 4.93. The summed E-state index contributed by atoms with van der Waals surface area (Å²) in [5.74, 6) is -0.118. The lowest BCUT2D eigenvalue weighted by molar-refractivity contribution is -0.274. The minimum atomic E-state index is -4.78. The second kappa shape index (κ2) is 8.87. The normalized spacial score (nSPS) is 12.4. The van der Waals surface area contributed by atoms with Gasteiger partial charge in [-0.05, 0) is 36.8 Å². The molecule has 1 N–H and O–H groups in total. The number of ether oxygens (including phenoxy) is 1. The Bertz CT molecular complexity index is 1490. The zero-order valence-corrected chi connectivity index (χ0v) is 19.6. The van der Waals surface area contributed by atoms with E-state index in [2.05, 4.69) is 20.0 Å². The first kappa shape index (κ1) is 24.0. The van der Waals surface area contributed by atoms with E-state index in [1.165, 1.54) is 18.2 Å². The van der Waals surface area contributed by atoms with E-state index in [0.717, 1.165) is 23.1 Å². The molecular weight excluding hydrogens is 493 g/mol. The van der Waals surface area contributed by atoms with Crippen molar-refractivity contribution in [2.75, 3.05) is 17.3 Å². The Morgan fingerprint density at radius 1 is 1.15 bits per heavy atom. The molecule has 0 saturated heterocycles. The number of hydrogen-bond acceptors (Lipinski definition) is 8. The number of carbonyl (C=O) groups is 1. The van der Waals surface area contributed by atoms with Crippen LogP contribution in [0, 0.1) is 0 Å². The van der Waals surface area contributed by atoms with Crippen molar-refractivity contribution in [2.45, 2.75) is 19.2 Å². The number of benzene rings is 2. The fraction of sp³-hybridized carbons (Fsp3) is 0.286. The molecule has 0 saturated carbocycles. The van der Waals surface area contributed by atoms with Crippen molar-refractivity contribution in [1.82, 2.24) is 14.5 Å². The van der Waals surface area contributed by atoms with E-state index in [0.29, 0.717) is 32.4 Å². The zero-order valence-electron chi connectivity index (χ0n) is 18.0. The van der Waals surface area contributed by atoms with E-state index in [9.17, 15) is 26.4 Å². The van der Waals surface area contributed by atoms with Gasteiger partial charge in [-0.25, -0.2) is 18.4 Å². The Morgan fingerprint density at radius 3 is 2.62 bits per heavy atom. The molecule has 0 fully saturated rings. The Labute approximate surface area is 196 Å². The summed E-state index contributed by atoms with van der Waals surface area (Å²) >= 11 is 1.14. The molecule has 2 aromatic heterocycles. The maximum atomic E-state index is 12.5. The molecule has 0 unspecified atom stereocenters. The molecule has 2 heterocycles. The third-order valence-corrected chi connectivity index (χ3v) is 6.90. The van der Waals surface area contributed by atoms with Crippen LogP contribution in [-0.2, 0) is 16.9 Å². The Kier molecular flexibility index (Phi) is 6.25. The molecule has 0 radical (unpaired) electrons. The quantitative estimate of drug-likeness (QED) is 0.337. The first-order valence-corrected chi connectivity index (χ1v) is 12.9. The highest BCUT2D eigenvalue weighted by atomic mass is 32.2. The summed E-state index contributed by atoms with van der Waals surface area (Å²) in [6.45, 7) is 0. The average molecular weight is 513 g/mol. The number of rotatable bonds is 8. The number of ketones is 1. The first-order chi connectivity index (χ1) is 15.9. The minimum Gasteiger partial charge on any atom is -0.406 e. The van der Waals surface area contributed by atoms with Crippen molar-refractivity contribution in [1.29, 1.82) is 0 Å². The van der Waals surface area contributed by atoms with Gasteiger partial charge in [0, 0.05) is 31.4 Å². The predicted octanol–water partition coefficient (Wildman–Crippen LogP) is 4.83. The van der Waals surface area contributed by atoms with Crippen molar-refractivity contribution in [3.05, 3.63) is 42.0 Å². The number of anilines is 2. The zero-order chi connectivity index (χ0) is 24.7. The molecule has 0 bridgehead atoms.